The van der Waals surface area contributed by atoms with E-state index in [0.29, 0.717) is 6.42 Å². The fraction of sp³-hybridized carbons (Fsp3) is 0.222. The van der Waals surface area contributed by atoms with E-state index in [1.165, 1.54) is 0 Å². The molecule has 0 aliphatic rings. The molecule has 0 saturated heterocycles. The van der Waals surface area contributed by atoms with Crippen LogP contribution < -0.4 is 5.32 Å². The summed E-state index contributed by atoms with van der Waals surface area (Å²) in [6.07, 6.45) is 0.503. The number of carbonyl (C=O) groups excluding carboxylic acids is 1. The third-order valence-corrected chi connectivity index (χ3v) is 1.30. The van der Waals surface area contributed by atoms with Crippen molar-refractivity contribution in [3.05, 3.63) is 30.3 Å². The Hall–Kier alpha value is -1.31. The van der Waals surface area contributed by atoms with Gasteiger partial charge in [0.15, 0.2) is 0 Å². The van der Waals surface area contributed by atoms with Crippen LogP contribution in [0.1, 0.15) is 13.3 Å². The van der Waals surface area contributed by atoms with Crippen LogP contribution in [-0.2, 0) is 4.79 Å². The van der Waals surface area contributed by atoms with Gasteiger partial charge in [-0.1, -0.05) is 25.1 Å². The number of hydrogen-bond acceptors (Lipinski definition) is 1. The maximum absolute atomic E-state index is 10.9. The van der Waals surface area contributed by atoms with E-state index in [1.54, 1.807) is 6.07 Å². The van der Waals surface area contributed by atoms with Crippen LogP contribution in [0.2, 0.25) is 0 Å². The van der Waals surface area contributed by atoms with E-state index >= 15 is 0 Å². The molecule has 11 heavy (non-hydrogen) atoms. The number of amides is 1. The second-order valence-corrected chi connectivity index (χ2v) is 2.18. The molecule has 2 heteroatoms. The molecule has 0 aromatic heterocycles. The Morgan fingerprint density at radius 3 is 3.00 bits per heavy atom. The molecule has 1 rings (SSSR count). The fourth-order valence-electron chi connectivity index (χ4n) is 0.710. The quantitative estimate of drug-likeness (QED) is 0.681. The normalized spacial score (nSPS) is 9.18. The first-order valence-electron chi connectivity index (χ1n) is 3.59. The van der Waals surface area contributed by atoms with Crippen LogP contribution in [0, 0.1) is 6.07 Å². The van der Waals surface area contributed by atoms with E-state index in [4.69, 9.17) is 0 Å². The van der Waals surface area contributed by atoms with Crippen LogP contribution in [0.5, 0.6) is 0 Å². The second-order valence-electron chi connectivity index (χ2n) is 2.18. The van der Waals surface area contributed by atoms with Crippen molar-refractivity contribution in [2.45, 2.75) is 13.3 Å². The highest BCUT2D eigenvalue weighted by Crippen LogP contribution is 2.03. The van der Waals surface area contributed by atoms with Gasteiger partial charge in [0.2, 0.25) is 5.91 Å². The number of benzene rings is 1. The highest BCUT2D eigenvalue weighted by Gasteiger charge is 1.95. The molecule has 1 radical (unpaired) electrons. The van der Waals surface area contributed by atoms with Crippen molar-refractivity contribution in [2.75, 3.05) is 5.32 Å². The summed E-state index contributed by atoms with van der Waals surface area (Å²) in [4.78, 5) is 10.9. The molecule has 0 saturated carbocycles. The van der Waals surface area contributed by atoms with Crippen molar-refractivity contribution in [3.63, 3.8) is 0 Å². The standard InChI is InChI=1S/C9H10NO/c1-2-9(11)10-8-6-4-3-5-7-8/h3-6H,2H2,1H3,(H,10,11). The summed E-state index contributed by atoms with van der Waals surface area (Å²) in [5.41, 5.74) is 0.736. The molecule has 0 aliphatic heterocycles. The molecule has 0 fully saturated rings. The van der Waals surface area contributed by atoms with Gasteiger partial charge in [-0.15, -0.1) is 0 Å². The molecular weight excluding hydrogens is 138 g/mol. The first kappa shape index (κ1) is 7.79. The van der Waals surface area contributed by atoms with E-state index < -0.39 is 0 Å². The molecule has 57 valence electrons. The first-order chi connectivity index (χ1) is 5.33. The molecule has 0 atom stereocenters. The second kappa shape index (κ2) is 3.76. The fourth-order valence-corrected chi connectivity index (χ4v) is 0.710. The number of carbonyl (C=O) groups is 1. The summed E-state index contributed by atoms with van der Waals surface area (Å²) in [5.74, 6) is 0.0208. The lowest BCUT2D eigenvalue weighted by molar-refractivity contribution is -0.115. The van der Waals surface area contributed by atoms with E-state index in [-0.39, 0.29) is 5.91 Å². The van der Waals surface area contributed by atoms with Crippen molar-refractivity contribution < 1.29 is 4.79 Å². The van der Waals surface area contributed by atoms with Gasteiger partial charge in [0.05, 0.1) is 0 Å². The molecule has 1 amide bonds. The monoisotopic (exact) mass is 148 g/mol. The van der Waals surface area contributed by atoms with E-state index in [9.17, 15) is 4.79 Å². The van der Waals surface area contributed by atoms with Crippen molar-refractivity contribution in [1.29, 1.82) is 0 Å². The Bertz CT molecular complexity index is 231. The Balaban J connectivity index is 2.58. The van der Waals surface area contributed by atoms with Gasteiger partial charge in [-0.3, -0.25) is 4.79 Å². The van der Waals surface area contributed by atoms with Crippen molar-refractivity contribution >= 4 is 11.6 Å². The Kier molecular flexibility index (Phi) is 2.66. The first-order valence-corrected chi connectivity index (χ1v) is 3.59. The average Bonchev–Trinajstić information content (AvgIpc) is 2.06. The predicted octanol–water partition coefficient (Wildman–Crippen LogP) is 1.84. The highest BCUT2D eigenvalue weighted by molar-refractivity contribution is 5.90. The van der Waals surface area contributed by atoms with Crippen molar-refractivity contribution in [1.82, 2.24) is 0 Å². The number of para-hydroxylation sites is 1. The summed E-state index contributed by atoms with van der Waals surface area (Å²) in [5, 5.41) is 2.70. The predicted molar refractivity (Wildman–Crippen MR) is 44.2 cm³/mol. The zero-order valence-corrected chi connectivity index (χ0v) is 6.42. The molecule has 0 spiro atoms. The minimum atomic E-state index is 0.0208. The van der Waals surface area contributed by atoms with Crippen LogP contribution in [0.25, 0.3) is 0 Å². The van der Waals surface area contributed by atoms with E-state index in [0.717, 1.165) is 5.69 Å². The molecular formula is C9H10NO. The molecule has 1 N–H and O–H groups in total. The molecule has 0 aliphatic carbocycles. The van der Waals surface area contributed by atoms with Gasteiger partial charge in [-0.05, 0) is 6.07 Å². The molecule has 2 nitrogen and oxygen atoms in total. The maximum Gasteiger partial charge on any atom is 0.224 e. The maximum atomic E-state index is 10.9. The van der Waals surface area contributed by atoms with Gasteiger partial charge < -0.3 is 5.32 Å². The molecule has 0 bridgehead atoms. The average molecular weight is 148 g/mol. The Morgan fingerprint density at radius 1 is 1.64 bits per heavy atom. The number of nitrogens with one attached hydrogen (secondary N) is 1. The number of hydrogen-bond donors (Lipinski definition) is 1. The number of rotatable bonds is 2. The third-order valence-electron chi connectivity index (χ3n) is 1.30. The summed E-state index contributed by atoms with van der Waals surface area (Å²) >= 11 is 0. The van der Waals surface area contributed by atoms with Crippen LogP contribution in [0.15, 0.2) is 24.3 Å². The summed E-state index contributed by atoms with van der Waals surface area (Å²) in [6.45, 7) is 1.82. The zero-order valence-electron chi connectivity index (χ0n) is 6.42. The minimum Gasteiger partial charge on any atom is -0.326 e. The van der Waals surface area contributed by atoms with Crippen LogP contribution in [0.4, 0.5) is 5.69 Å². The topological polar surface area (TPSA) is 29.1 Å². The Labute approximate surface area is 66.2 Å². The largest absolute Gasteiger partial charge is 0.326 e. The SMILES string of the molecule is CCC(=O)Nc1[c]cccc1. The van der Waals surface area contributed by atoms with Crippen molar-refractivity contribution in [2.24, 2.45) is 0 Å². The molecule has 1 aromatic rings. The van der Waals surface area contributed by atoms with Gasteiger partial charge in [0, 0.05) is 18.2 Å². The molecule has 1 aromatic carbocycles. The van der Waals surface area contributed by atoms with Gasteiger partial charge in [0.1, 0.15) is 0 Å². The minimum absolute atomic E-state index is 0.0208. The number of anilines is 1. The highest BCUT2D eigenvalue weighted by atomic mass is 16.1. The van der Waals surface area contributed by atoms with Gasteiger partial charge >= 0.3 is 0 Å². The van der Waals surface area contributed by atoms with Gasteiger partial charge in [-0.2, -0.15) is 0 Å². The van der Waals surface area contributed by atoms with Crippen LogP contribution in [0.3, 0.4) is 0 Å². The zero-order chi connectivity index (χ0) is 8.10. The molecule has 0 unspecified atom stereocenters. The lowest BCUT2D eigenvalue weighted by Crippen LogP contribution is -2.08. The van der Waals surface area contributed by atoms with Gasteiger partial charge in [0.25, 0.3) is 0 Å². The van der Waals surface area contributed by atoms with Crippen LogP contribution >= 0.6 is 0 Å². The van der Waals surface area contributed by atoms with E-state index in [2.05, 4.69) is 11.4 Å². The third kappa shape index (κ3) is 2.42. The molecule has 0 heterocycles. The summed E-state index contributed by atoms with van der Waals surface area (Å²) in [6, 6.07) is 10.2. The van der Waals surface area contributed by atoms with E-state index in [1.807, 2.05) is 25.1 Å². The van der Waals surface area contributed by atoms with Gasteiger partial charge in [-0.25, -0.2) is 0 Å². The summed E-state index contributed by atoms with van der Waals surface area (Å²) in [7, 11) is 0. The van der Waals surface area contributed by atoms with Crippen molar-refractivity contribution in [3.8, 4) is 0 Å². The van der Waals surface area contributed by atoms with Crippen LogP contribution in [-0.4, -0.2) is 5.91 Å². The Morgan fingerprint density at radius 2 is 2.45 bits per heavy atom. The lowest BCUT2D eigenvalue weighted by Gasteiger charge is -2.00. The lowest BCUT2D eigenvalue weighted by atomic mass is 10.3. The smallest absolute Gasteiger partial charge is 0.224 e. The summed E-state index contributed by atoms with van der Waals surface area (Å²) < 4.78 is 0.